The summed E-state index contributed by atoms with van der Waals surface area (Å²) in [6, 6.07) is 0.333. The summed E-state index contributed by atoms with van der Waals surface area (Å²) in [6.07, 6.45) is 7.13. The fourth-order valence-corrected chi connectivity index (χ4v) is 1.56. The van der Waals surface area contributed by atoms with Crippen LogP contribution in [0.3, 0.4) is 0 Å². The van der Waals surface area contributed by atoms with E-state index in [-0.39, 0.29) is 12.4 Å². The Labute approximate surface area is 84.4 Å². The van der Waals surface area contributed by atoms with Crippen molar-refractivity contribution in [3.05, 3.63) is 12.2 Å². The molecule has 3 nitrogen and oxygen atoms in total. The Hall–Kier alpha value is -0.540. The van der Waals surface area contributed by atoms with Crippen molar-refractivity contribution in [3.63, 3.8) is 0 Å². The van der Waals surface area contributed by atoms with Crippen molar-refractivity contribution in [2.45, 2.75) is 31.7 Å². The molecule has 0 aliphatic heterocycles. The molecule has 0 aromatic rings. The molecular formula is C9H16ClNO2. The van der Waals surface area contributed by atoms with Crippen LogP contribution in [-0.4, -0.2) is 17.1 Å². The van der Waals surface area contributed by atoms with Gasteiger partial charge in [0.1, 0.15) is 0 Å². The third-order valence-electron chi connectivity index (χ3n) is 2.33. The molecule has 0 saturated heterocycles. The van der Waals surface area contributed by atoms with E-state index in [9.17, 15) is 4.79 Å². The molecule has 0 radical (unpaired) electrons. The first kappa shape index (κ1) is 12.5. The number of halogens is 1. The first-order valence-electron chi connectivity index (χ1n) is 4.35. The summed E-state index contributed by atoms with van der Waals surface area (Å²) in [5.41, 5.74) is 5.71. The fourth-order valence-electron chi connectivity index (χ4n) is 1.56. The smallest absolute Gasteiger partial charge is 0.327 e. The van der Waals surface area contributed by atoms with Crippen molar-refractivity contribution in [3.8, 4) is 0 Å². The van der Waals surface area contributed by atoms with Crippen LogP contribution >= 0.6 is 12.4 Å². The average Bonchev–Trinajstić information content (AvgIpc) is 2.03. The molecule has 1 aliphatic carbocycles. The molecule has 13 heavy (non-hydrogen) atoms. The van der Waals surface area contributed by atoms with Crippen LogP contribution in [0.1, 0.15) is 25.7 Å². The molecule has 1 rings (SSSR count). The Morgan fingerprint density at radius 2 is 1.85 bits per heavy atom. The number of carboxylic acid groups (broad SMARTS) is 1. The topological polar surface area (TPSA) is 63.3 Å². The zero-order chi connectivity index (χ0) is 8.97. The first-order valence-corrected chi connectivity index (χ1v) is 4.35. The van der Waals surface area contributed by atoms with E-state index in [0.717, 1.165) is 25.7 Å². The maximum absolute atomic E-state index is 10.2. The summed E-state index contributed by atoms with van der Waals surface area (Å²) < 4.78 is 0. The summed E-state index contributed by atoms with van der Waals surface area (Å²) in [6.45, 7) is 0. The molecule has 4 heteroatoms. The third-order valence-corrected chi connectivity index (χ3v) is 2.33. The summed E-state index contributed by atoms with van der Waals surface area (Å²) in [5.74, 6) is -0.425. The second kappa shape index (κ2) is 6.00. The summed E-state index contributed by atoms with van der Waals surface area (Å²) in [7, 11) is 0. The molecule has 0 bridgehead atoms. The van der Waals surface area contributed by atoms with Crippen LogP contribution in [0.25, 0.3) is 0 Å². The highest BCUT2D eigenvalue weighted by molar-refractivity contribution is 5.85. The fraction of sp³-hybridized carbons (Fsp3) is 0.667. The van der Waals surface area contributed by atoms with Crippen LogP contribution < -0.4 is 5.73 Å². The molecule has 0 aromatic heterocycles. The zero-order valence-corrected chi connectivity index (χ0v) is 8.30. The van der Waals surface area contributed by atoms with Crippen LogP contribution in [0.15, 0.2) is 12.2 Å². The minimum absolute atomic E-state index is 0. The minimum atomic E-state index is -0.857. The second-order valence-corrected chi connectivity index (χ2v) is 3.37. The number of carbonyl (C=O) groups is 1. The molecule has 0 atom stereocenters. The Bertz CT molecular complexity index is 186. The van der Waals surface area contributed by atoms with Crippen LogP contribution in [0.5, 0.6) is 0 Å². The molecule has 0 spiro atoms. The van der Waals surface area contributed by atoms with Crippen molar-refractivity contribution in [1.82, 2.24) is 0 Å². The van der Waals surface area contributed by atoms with Crippen LogP contribution in [0.2, 0.25) is 0 Å². The molecule has 1 saturated carbocycles. The summed E-state index contributed by atoms with van der Waals surface area (Å²) >= 11 is 0. The van der Waals surface area contributed by atoms with Gasteiger partial charge in [-0.1, -0.05) is 6.08 Å². The largest absolute Gasteiger partial charge is 0.478 e. The van der Waals surface area contributed by atoms with Gasteiger partial charge in [0, 0.05) is 12.1 Å². The van der Waals surface area contributed by atoms with Gasteiger partial charge in [0.25, 0.3) is 0 Å². The van der Waals surface area contributed by atoms with Crippen LogP contribution in [-0.2, 0) is 4.79 Å². The molecule has 76 valence electrons. The third kappa shape index (κ3) is 4.90. The van der Waals surface area contributed by atoms with E-state index in [4.69, 9.17) is 10.8 Å². The van der Waals surface area contributed by atoms with E-state index >= 15 is 0 Å². The number of aliphatic carboxylic acids is 1. The second-order valence-electron chi connectivity index (χ2n) is 3.37. The van der Waals surface area contributed by atoms with Gasteiger partial charge >= 0.3 is 5.97 Å². The van der Waals surface area contributed by atoms with E-state index in [1.54, 1.807) is 6.08 Å². The number of allylic oxidation sites excluding steroid dienone is 1. The Morgan fingerprint density at radius 3 is 2.31 bits per heavy atom. The molecule has 1 fully saturated rings. The van der Waals surface area contributed by atoms with Gasteiger partial charge in [-0.05, 0) is 31.6 Å². The highest BCUT2D eigenvalue weighted by Gasteiger charge is 2.15. The lowest BCUT2D eigenvalue weighted by Gasteiger charge is -2.23. The maximum atomic E-state index is 10.2. The minimum Gasteiger partial charge on any atom is -0.478 e. The average molecular weight is 206 g/mol. The SMILES string of the molecule is Cl.NC1CCC(/C=C/C(=O)O)CC1. The van der Waals surface area contributed by atoms with Crippen molar-refractivity contribution >= 4 is 18.4 Å². The van der Waals surface area contributed by atoms with E-state index in [1.807, 2.05) is 0 Å². The zero-order valence-electron chi connectivity index (χ0n) is 7.48. The number of nitrogens with two attached hydrogens (primary N) is 1. The Kier molecular flexibility index (Phi) is 5.75. The number of rotatable bonds is 2. The molecule has 1 aliphatic rings. The van der Waals surface area contributed by atoms with Gasteiger partial charge in [-0.15, -0.1) is 12.4 Å². The first-order chi connectivity index (χ1) is 5.68. The predicted octanol–water partition coefficient (Wildman–Crippen LogP) is 1.57. The van der Waals surface area contributed by atoms with Gasteiger partial charge in [0.2, 0.25) is 0 Å². The molecule has 0 aromatic carbocycles. The molecule has 3 N–H and O–H groups in total. The lowest BCUT2D eigenvalue weighted by atomic mass is 9.86. The highest BCUT2D eigenvalue weighted by atomic mass is 35.5. The number of hydrogen-bond donors (Lipinski definition) is 2. The lowest BCUT2D eigenvalue weighted by molar-refractivity contribution is -0.131. The Balaban J connectivity index is 0.00000144. The van der Waals surface area contributed by atoms with Gasteiger partial charge in [-0.25, -0.2) is 4.79 Å². The van der Waals surface area contributed by atoms with Crippen molar-refractivity contribution in [1.29, 1.82) is 0 Å². The van der Waals surface area contributed by atoms with Gasteiger partial charge in [0.05, 0.1) is 0 Å². The highest BCUT2D eigenvalue weighted by Crippen LogP contribution is 2.23. The summed E-state index contributed by atoms with van der Waals surface area (Å²) in [4.78, 5) is 10.2. The van der Waals surface area contributed by atoms with Crippen molar-refractivity contribution in [2.24, 2.45) is 11.7 Å². The molecule has 0 amide bonds. The van der Waals surface area contributed by atoms with Gasteiger partial charge in [0.15, 0.2) is 0 Å². The molecule has 0 heterocycles. The predicted molar refractivity (Wildman–Crippen MR) is 54.0 cm³/mol. The quantitative estimate of drug-likeness (QED) is 0.673. The van der Waals surface area contributed by atoms with E-state index in [0.29, 0.717) is 12.0 Å². The monoisotopic (exact) mass is 205 g/mol. The van der Waals surface area contributed by atoms with Crippen LogP contribution in [0.4, 0.5) is 0 Å². The van der Waals surface area contributed by atoms with Crippen molar-refractivity contribution < 1.29 is 9.90 Å². The molecular weight excluding hydrogens is 190 g/mol. The normalized spacial score (nSPS) is 28.4. The van der Waals surface area contributed by atoms with Gasteiger partial charge in [-0.2, -0.15) is 0 Å². The van der Waals surface area contributed by atoms with Gasteiger partial charge in [-0.3, -0.25) is 0 Å². The molecule has 0 unspecified atom stereocenters. The number of hydrogen-bond acceptors (Lipinski definition) is 2. The van der Waals surface area contributed by atoms with E-state index < -0.39 is 5.97 Å². The van der Waals surface area contributed by atoms with Crippen LogP contribution in [0, 0.1) is 5.92 Å². The lowest BCUT2D eigenvalue weighted by Crippen LogP contribution is -2.25. The Morgan fingerprint density at radius 1 is 1.31 bits per heavy atom. The van der Waals surface area contributed by atoms with Gasteiger partial charge < -0.3 is 10.8 Å². The van der Waals surface area contributed by atoms with E-state index in [1.165, 1.54) is 6.08 Å². The van der Waals surface area contributed by atoms with E-state index in [2.05, 4.69) is 0 Å². The standard InChI is InChI=1S/C9H15NO2.ClH/c10-8-4-1-7(2-5-8)3-6-9(11)12;/h3,6-8H,1-2,4-5,10H2,(H,11,12);1H/b6-3+;. The summed E-state index contributed by atoms with van der Waals surface area (Å²) in [5, 5.41) is 8.38. The number of carboxylic acids is 1. The van der Waals surface area contributed by atoms with Crippen molar-refractivity contribution in [2.75, 3.05) is 0 Å². The maximum Gasteiger partial charge on any atom is 0.327 e.